The van der Waals surface area contributed by atoms with E-state index in [2.05, 4.69) is 18.9 Å². The largest absolute Gasteiger partial charge is 0.299 e. The van der Waals surface area contributed by atoms with Crippen LogP contribution in [0.5, 0.6) is 0 Å². The van der Waals surface area contributed by atoms with Gasteiger partial charge in [-0.15, -0.1) is 0 Å². The van der Waals surface area contributed by atoms with Crippen LogP contribution in [0.15, 0.2) is 30.5 Å². The third kappa shape index (κ3) is 4.14. The van der Waals surface area contributed by atoms with Crippen LogP contribution in [0.4, 0.5) is 4.39 Å². The maximum absolute atomic E-state index is 13.0. The molecule has 0 bridgehead atoms. The van der Waals surface area contributed by atoms with Crippen LogP contribution >= 0.6 is 11.6 Å². The van der Waals surface area contributed by atoms with Crippen LogP contribution in [0.1, 0.15) is 37.6 Å². The van der Waals surface area contributed by atoms with Crippen LogP contribution in [0, 0.1) is 5.82 Å². The average Bonchev–Trinajstić information content (AvgIpc) is 2.89. The third-order valence-electron chi connectivity index (χ3n) is 3.49. The Kier molecular flexibility index (Phi) is 5.12. The van der Waals surface area contributed by atoms with Crippen molar-refractivity contribution in [1.82, 2.24) is 9.78 Å². The normalized spacial score (nSPS) is 12.4. The minimum atomic E-state index is -0.400. The lowest BCUT2D eigenvalue weighted by atomic mass is 10.1. The van der Waals surface area contributed by atoms with E-state index in [1.165, 1.54) is 12.1 Å². The Balaban J connectivity index is 2.00. The highest BCUT2D eigenvalue weighted by molar-refractivity contribution is 6.31. The van der Waals surface area contributed by atoms with Crippen LogP contribution in [0.25, 0.3) is 0 Å². The number of halogens is 2. The zero-order valence-corrected chi connectivity index (χ0v) is 12.9. The van der Waals surface area contributed by atoms with E-state index in [1.54, 1.807) is 6.07 Å². The maximum atomic E-state index is 13.0. The number of hydrogen-bond acceptors (Lipinski definition) is 2. The van der Waals surface area contributed by atoms with E-state index in [0.717, 1.165) is 12.1 Å². The summed E-state index contributed by atoms with van der Waals surface area (Å²) in [7, 11) is 0. The van der Waals surface area contributed by atoms with E-state index < -0.39 is 5.82 Å². The van der Waals surface area contributed by atoms with E-state index >= 15 is 0 Å². The van der Waals surface area contributed by atoms with Crippen molar-refractivity contribution >= 4 is 17.4 Å². The first-order valence-electron chi connectivity index (χ1n) is 6.99. The predicted octanol–water partition coefficient (Wildman–Crippen LogP) is 4.00. The van der Waals surface area contributed by atoms with Crippen molar-refractivity contribution in [3.05, 3.63) is 52.6 Å². The molecule has 0 aliphatic rings. The van der Waals surface area contributed by atoms with Crippen LogP contribution in [-0.2, 0) is 17.6 Å². The molecule has 2 rings (SSSR count). The lowest BCUT2D eigenvalue weighted by Gasteiger charge is -2.08. The average molecular weight is 309 g/mol. The Bertz CT molecular complexity index is 639. The van der Waals surface area contributed by atoms with Crippen molar-refractivity contribution in [3.63, 3.8) is 0 Å². The summed E-state index contributed by atoms with van der Waals surface area (Å²) in [6.45, 7) is 4.17. The molecule has 1 atom stereocenters. The topological polar surface area (TPSA) is 34.9 Å². The van der Waals surface area contributed by atoms with Crippen LogP contribution < -0.4 is 0 Å². The zero-order valence-electron chi connectivity index (χ0n) is 12.1. The fourth-order valence-electron chi connectivity index (χ4n) is 2.05. The fourth-order valence-corrected chi connectivity index (χ4v) is 2.28. The van der Waals surface area contributed by atoms with Crippen molar-refractivity contribution in [2.24, 2.45) is 0 Å². The summed E-state index contributed by atoms with van der Waals surface area (Å²) in [4.78, 5) is 12.1. The summed E-state index contributed by atoms with van der Waals surface area (Å²) >= 11 is 5.93. The second-order valence-corrected chi connectivity index (χ2v) is 5.58. The lowest BCUT2D eigenvalue weighted by molar-refractivity contribution is -0.117. The molecule has 0 radical (unpaired) electrons. The summed E-state index contributed by atoms with van der Waals surface area (Å²) in [5.74, 6) is -0.388. The fraction of sp³-hybridized carbons (Fsp3) is 0.375. The number of rotatable bonds is 6. The molecule has 1 heterocycles. The molecular formula is C16H18ClFN2O. The second-order valence-electron chi connectivity index (χ2n) is 5.17. The van der Waals surface area contributed by atoms with Gasteiger partial charge in [-0.1, -0.05) is 24.6 Å². The van der Waals surface area contributed by atoms with Gasteiger partial charge in [0.2, 0.25) is 0 Å². The number of nitrogens with zero attached hydrogens (tertiary/aromatic N) is 2. The SMILES string of the molecule is CCC(C)n1ccc(CC(=O)Cc2ccc(F)cc2Cl)n1. The highest BCUT2D eigenvalue weighted by atomic mass is 35.5. The van der Waals surface area contributed by atoms with Crippen molar-refractivity contribution in [1.29, 1.82) is 0 Å². The first kappa shape index (κ1) is 15.7. The van der Waals surface area contributed by atoms with Gasteiger partial charge in [-0.05, 0) is 37.1 Å². The summed E-state index contributed by atoms with van der Waals surface area (Å²) < 4.78 is 14.8. The van der Waals surface area contributed by atoms with Crippen LogP contribution in [-0.4, -0.2) is 15.6 Å². The van der Waals surface area contributed by atoms with Gasteiger partial charge >= 0.3 is 0 Å². The monoisotopic (exact) mass is 308 g/mol. The highest BCUT2D eigenvalue weighted by Gasteiger charge is 2.11. The predicted molar refractivity (Wildman–Crippen MR) is 81.1 cm³/mol. The lowest BCUT2D eigenvalue weighted by Crippen LogP contribution is -2.09. The van der Waals surface area contributed by atoms with Gasteiger partial charge in [0, 0.05) is 23.7 Å². The third-order valence-corrected chi connectivity index (χ3v) is 3.84. The Morgan fingerprint density at radius 2 is 2.14 bits per heavy atom. The first-order valence-corrected chi connectivity index (χ1v) is 7.37. The van der Waals surface area contributed by atoms with Gasteiger partial charge in [0.25, 0.3) is 0 Å². The van der Waals surface area contributed by atoms with E-state index in [1.807, 2.05) is 16.9 Å². The van der Waals surface area contributed by atoms with Crippen molar-refractivity contribution in [2.75, 3.05) is 0 Å². The standard InChI is InChI=1S/C16H18ClFN2O/c1-3-11(2)20-7-6-14(19-20)10-15(21)8-12-4-5-13(18)9-16(12)17/h4-7,9,11H,3,8,10H2,1-2H3. The molecule has 1 unspecified atom stereocenters. The maximum Gasteiger partial charge on any atom is 0.143 e. The molecule has 0 fully saturated rings. The smallest absolute Gasteiger partial charge is 0.143 e. The Labute approximate surface area is 128 Å². The Morgan fingerprint density at radius 3 is 2.81 bits per heavy atom. The molecule has 112 valence electrons. The van der Waals surface area contributed by atoms with Gasteiger partial charge in [-0.2, -0.15) is 5.10 Å². The number of aromatic nitrogens is 2. The number of benzene rings is 1. The molecule has 0 saturated carbocycles. The molecule has 0 saturated heterocycles. The summed E-state index contributed by atoms with van der Waals surface area (Å²) in [5.41, 5.74) is 1.39. The van der Waals surface area contributed by atoms with Crippen molar-refractivity contribution in [2.45, 2.75) is 39.2 Å². The summed E-state index contributed by atoms with van der Waals surface area (Å²) in [6.07, 6.45) is 3.33. The number of Topliss-reactive ketones (excluding diaryl/α,β-unsaturated/α-hetero) is 1. The molecule has 0 aliphatic heterocycles. The quantitative estimate of drug-likeness (QED) is 0.808. The molecular weight excluding hydrogens is 291 g/mol. The molecule has 0 aliphatic carbocycles. The Morgan fingerprint density at radius 1 is 1.38 bits per heavy atom. The van der Waals surface area contributed by atoms with Gasteiger partial charge < -0.3 is 0 Å². The molecule has 1 aromatic carbocycles. The van der Waals surface area contributed by atoms with Gasteiger partial charge in [0.15, 0.2) is 0 Å². The molecule has 2 aromatic rings. The Hall–Kier alpha value is -1.68. The molecule has 5 heteroatoms. The number of hydrogen-bond donors (Lipinski definition) is 0. The van der Waals surface area contributed by atoms with Gasteiger partial charge in [0.05, 0.1) is 12.1 Å². The van der Waals surface area contributed by atoms with Crippen molar-refractivity contribution < 1.29 is 9.18 Å². The van der Waals surface area contributed by atoms with E-state index in [9.17, 15) is 9.18 Å². The summed E-state index contributed by atoms with van der Waals surface area (Å²) in [5, 5.41) is 4.69. The van der Waals surface area contributed by atoms with E-state index in [-0.39, 0.29) is 23.6 Å². The molecule has 0 spiro atoms. The minimum absolute atomic E-state index is 0.0120. The van der Waals surface area contributed by atoms with Crippen LogP contribution in [0.2, 0.25) is 5.02 Å². The highest BCUT2D eigenvalue weighted by Crippen LogP contribution is 2.18. The molecule has 0 amide bonds. The van der Waals surface area contributed by atoms with Crippen LogP contribution in [0.3, 0.4) is 0 Å². The van der Waals surface area contributed by atoms with Gasteiger partial charge in [0.1, 0.15) is 11.6 Å². The van der Waals surface area contributed by atoms with E-state index in [4.69, 9.17) is 11.6 Å². The molecule has 3 nitrogen and oxygen atoms in total. The second kappa shape index (κ2) is 6.85. The molecule has 1 aromatic heterocycles. The summed E-state index contributed by atoms with van der Waals surface area (Å²) in [6, 6.07) is 6.26. The first-order chi connectivity index (χ1) is 9.99. The molecule has 0 N–H and O–H groups in total. The molecule has 21 heavy (non-hydrogen) atoms. The number of ketones is 1. The van der Waals surface area contributed by atoms with Crippen molar-refractivity contribution in [3.8, 4) is 0 Å². The van der Waals surface area contributed by atoms with Gasteiger partial charge in [-0.3, -0.25) is 9.48 Å². The number of carbonyl (C=O) groups excluding carboxylic acids is 1. The van der Waals surface area contributed by atoms with E-state index in [0.29, 0.717) is 11.6 Å². The number of carbonyl (C=O) groups is 1. The minimum Gasteiger partial charge on any atom is -0.299 e. The van der Waals surface area contributed by atoms with Gasteiger partial charge in [-0.25, -0.2) is 4.39 Å². The zero-order chi connectivity index (χ0) is 15.4.